The van der Waals surface area contributed by atoms with E-state index in [0.29, 0.717) is 23.1 Å². The summed E-state index contributed by atoms with van der Waals surface area (Å²) < 4.78 is 16.8. The molecule has 0 aliphatic carbocycles. The summed E-state index contributed by atoms with van der Waals surface area (Å²) >= 11 is 6.40. The SMILES string of the molecule is COc1cc(CNCCCOC(C)C)c(Cl)cc1OCc1ccc([N+](=O)[O-])cc1. The molecule has 7 nitrogen and oxygen atoms in total. The molecule has 0 spiro atoms. The van der Waals surface area contributed by atoms with E-state index in [4.69, 9.17) is 25.8 Å². The van der Waals surface area contributed by atoms with Gasteiger partial charge < -0.3 is 19.5 Å². The minimum atomic E-state index is -0.433. The van der Waals surface area contributed by atoms with E-state index in [-0.39, 0.29) is 18.4 Å². The molecule has 0 heterocycles. The molecule has 2 aromatic carbocycles. The third kappa shape index (κ3) is 7.53. The number of benzene rings is 2. The fourth-order valence-corrected chi connectivity index (χ4v) is 2.82. The lowest BCUT2D eigenvalue weighted by atomic mass is 10.2. The van der Waals surface area contributed by atoms with Crippen molar-refractivity contribution in [2.75, 3.05) is 20.3 Å². The Bertz CT molecular complexity index is 796. The molecule has 8 heteroatoms. The minimum absolute atomic E-state index is 0.0435. The van der Waals surface area contributed by atoms with Crippen LogP contribution in [0.1, 0.15) is 31.4 Å². The van der Waals surface area contributed by atoms with Gasteiger partial charge in [-0.05, 0) is 56.1 Å². The van der Waals surface area contributed by atoms with Crippen LogP contribution in [0.5, 0.6) is 11.5 Å². The fourth-order valence-electron chi connectivity index (χ4n) is 2.60. The highest BCUT2D eigenvalue weighted by molar-refractivity contribution is 6.31. The van der Waals surface area contributed by atoms with Crippen LogP contribution in [0.25, 0.3) is 0 Å². The molecular formula is C21H27ClN2O5. The van der Waals surface area contributed by atoms with Gasteiger partial charge in [0.05, 0.1) is 18.1 Å². The first kappa shape index (κ1) is 22.9. The Morgan fingerprint density at radius 3 is 2.52 bits per heavy atom. The average Bonchev–Trinajstić information content (AvgIpc) is 2.70. The molecule has 0 amide bonds. The van der Waals surface area contributed by atoms with Crippen molar-refractivity contribution in [3.05, 3.63) is 62.7 Å². The molecule has 0 saturated heterocycles. The van der Waals surface area contributed by atoms with Gasteiger partial charge in [0.1, 0.15) is 6.61 Å². The first-order valence-electron chi connectivity index (χ1n) is 9.45. The molecule has 0 aliphatic rings. The highest BCUT2D eigenvalue weighted by Crippen LogP contribution is 2.34. The predicted molar refractivity (Wildman–Crippen MR) is 113 cm³/mol. The third-order valence-corrected chi connectivity index (χ3v) is 4.49. The van der Waals surface area contributed by atoms with E-state index in [0.717, 1.165) is 30.7 Å². The van der Waals surface area contributed by atoms with Gasteiger partial charge in [-0.3, -0.25) is 10.1 Å². The summed E-state index contributed by atoms with van der Waals surface area (Å²) in [5, 5.41) is 14.7. The van der Waals surface area contributed by atoms with E-state index < -0.39 is 4.92 Å². The van der Waals surface area contributed by atoms with Gasteiger partial charge in [0.2, 0.25) is 0 Å². The lowest BCUT2D eigenvalue weighted by molar-refractivity contribution is -0.384. The largest absolute Gasteiger partial charge is 0.493 e. The van der Waals surface area contributed by atoms with Gasteiger partial charge in [-0.1, -0.05) is 11.6 Å². The predicted octanol–water partition coefficient (Wildman–Crippen LogP) is 4.74. The molecule has 0 unspecified atom stereocenters. The molecule has 2 aromatic rings. The number of nitrogens with zero attached hydrogens (tertiary/aromatic N) is 1. The quantitative estimate of drug-likeness (QED) is 0.302. The van der Waals surface area contributed by atoms with E-state index in [1.165, 1.54) is 12.1 Å². The maximum Gasteiger partial charge on any atom is 0.269 e. The second-order valence-corrected chi connectivity index (χ2v) is 7.16. The number of non-ortho nitro benzene ring substituents is 1. The second-order valence-electron chi connectivity index (χ2n) is 6.76. The van der Waals surface area contributed by atoms with Gasteiger partial charge in [-0.15, -0.1) is 0 Å². The summed E-state index contributed by atoms with van der Waals surface area (Å²) in [4.78, 5) is 10.3. The van der Waals surface area contributed by atoms with E-state index in [9.17, 15) is 10.1 Å². The molecule has 1 N–H and O–H groups in total. The maximum atomic E-state index is 10.7. The Morgan fingerprint density at radius 2 is 1.90 bits per heavy atom. The summed E-state index contributed by atoms with van der Waals surface area (Å²) in [6.45, 7) is 6.44. The summed E-state index contributed by atoms with van der Waals surface area (Å²) in [7, 11) is 1.57. The number of hydrogen-bond acceptors (Lipinski definition) is 6. The van der Waals surface area contributed by atoms with Crippen LogP contribution in [-0.2, 0) is 17.9 Å². The van der Waals surface area contributed by atoms with Crippen molar-refractivity contribution < 1.29 is 19.1 Å². The summed E-state index contributed by atoms with van der Waals surface area (Å²) in [6.07, 6.45) is 1.16. The van der Waals surface area contributed by atoms with E-state index in [1.54, 1.807) is 25.3 Å². The Labute approximate surface area is 176 Å². The zero-order chi connectivity index (χ0) is 21.2. The molecule has 0 fully saturated rings. The topological polar surface area (TPSA) is 82.9 Å². The van der Waals surface area contributed by atoms with Crippen LogP contribution in [0.3, 0.4) is 0 Å². The third-order valence-electron chi connectivity index (χ3n) is 4.14. The van der Waals surface area contributed by atoms with E-state index >= 15 is 0 Å². The van der Waals surface area contributed by atoms with Crippen LogP contribution in [0, 0.1) is 10.1 Å². The molecule has 0 saturated carbocycles. The number of hydrogen-bond donors (Lipinski definition) is 1. The Balaban J connectivity index is 1.92. The minimum Gasteiger partial charge on any atom is -0.493 e. The van der Waals surface area contributed by atoms with Crippen LogP contribution in [0.4, 0.5) is 5.69 Å². The van der Waals surface area contributed by atoms with Gasteiger partial charge >= 0.3 is 0 Å². The van der Waals surface area contributed by atoms with Crippen molar-refractivity contribution in [1.29, 1.82) is 0 Å². The highest BCUT2D eigenvalue weighted by Gasteiger charge is 2.11. The standard InChI is InChI=1S/C21H27ClN2O5/c1-15(2)28-10-4-9-23-13-17-11-20(27-3)21(12-19(17)22)29-14-16-5-7-18(8-6-16)24(25)26/h5-8,11-12,15,23H,4,9-10,13-14H2,1-3H3. The van der Waals surface area contributed by atoms with Gasteiger partial charge in [0, 0.05) is 36.4 Å². The monoisotopic (exact) mass is 422 g/mol. The van der Waals surface area contributed by atoms with Crippen molar-refractivity contribution in [2.24, 2.45) is 0 Å². The number of ether oxygens (including phenoxy) is 3. The Hall–Kier alpha value is -2.35. The second kappa shape index (κ2) is 11.6. The van der Waals surface area contributed by atoms with Crippen molar-refractivity contribution in [2.45, 2.75) is 39.5 Å². The zero-order valence-corrected chi connectivity index (χ0v) is 17.7. The van der Waals surface area contributed by atoms with E-state index in [1.807, 2.05) is 19.9 Å². The van der Waals surface area contributed by atoms with Gasteiger partial charge in [-0.2, -0.15) is 0 Å². The smallest absolute Gasteiger partial charge is 0.269 e. The number of methoxy groups -OCH3 is 1. The van der Waals surface area contributed by atoms with Crippen LogP contribution in [0.15, 0.2) is 36.4 Å². The number of nitro benzene ring substituents is 1. The van der Waals surface area contributed by atoms with Gasteiger partial charge in [0.15, 0.2) is 11.5 Å². The van der Waals surface area contributed by atoms with Crippen molar-refractivity contribution in [3.63, 3.8) is 0 Å². The highest BCUT2D eigenvalue weighted by atomic mass is 35.5. The zero-order valence-electron chi connectivity index (χ0n) is 16.9. The number of halogens is 1. The first-order valence-corrected chi connectivity index (χ1v) is 9.83. The molecule has 0 aromatic heterocycles. The van der Waals surface area contributed by atoms with Crippen molar-refractivity contribution >= 4 is 17.3 Å². The lowest BCUT2D eigenvalue weighted by Crippen LogP contribution is -2.17. The molecule has 2 rings (SSSR count). The normalized spacial score (nSPS) is 10.9. The maximum absolute atomic E-state index is 10.7. The van der Waals surface area contributed by atoms with Crippen LogP contribution in [-0.4, -0.2) is 31.3 Å². The number of nitrogens with one attached hydrogen (secondary N) is 1. The van der Waals surface area contributed by atoms with Crippen molar-refractivity contribution in [3.8, 4) is 11.5 Å². The molecule has 0 atom stereocenters. The molecular weight excluding hydrogens is 396 g/mol. The summed E-state index contributed by atoms with van der Waals surface area (Å²) in [5.41, 5.74) is 1.76. The Kier molecular flexibility index (Phi) is 9.18. The first-order chi connectivity index (χ1) is 13.9. The summed E-state index contributed by atoms with van der Waals surface area (Å²) in [6, 6.07) is 9.80. The number of rotatable bonds is 12. The number of nitro groups is 1. The van der Waals surface area contributed by atoms with Gasteiger partial charge in [-0.25, -0.2) is 0 Å². The Morgan fingerprint density at radius 1 is 1.17 bits per heavy atom. The van der Waals surface area contributed by atoms with Crippen LogP contribution >= 0.6 is 11.6 Å². The average molecular weight is 423 g/mol. The van der Waals surface area contributed by atoms with E-state index in [2.05, 4.69) is 5.32 Å². The van der Waals surface area contributed by atoms with Gasteiger partial charge in [0.25, 0.3) is 5.69 Å². The van der Waals surface area contributed by atoms with Crippen LogP contribution in [0.2, 0.25) is 5.02 Å². The fraction of sp³-hybridized carbons (Fsp3) is 0.429. The lowest BCUT2D eigenvalue weighted by Gasteiger charge is -2.14. The molecule has 0 radical (unpaired) electrons. The molecule has 0 aliphatic heterocycles. The van der Waals surface area contributed by atoms with Crippen LogP contribution < -0.4 is 14.8 Å². The molecule has 0 bridgehead atoms. The molecule has 29 heavy (non-hydrogen) atoms. The summed E-state index contributed by atoms with van der Waals surface area (Å²) in [5.74, 6) is 1.10. The molecule has 158 valence electrons. The van der Waals surface area contributed by atoms with Crippen molar-refractivity contribution in [1.82, 2.24) is 5.32 Å².